The van der Waals surface area contributed by atoms with E-state index in [9.17, 15) is 0 Å². The molecule has 0 aliphatic rings. The van der Waals surface area contributed by atoms with E-state index in [1.54, 1.807) is 11.3 Å². The van der Waals surface area contributed by atoms with E-state index >= 15 is 0 Å². The highest BCUT2D eigenvalue weighted by molar-refractivity contribution is 7.26. The van der Waals surface area contributed by atoms with Crippen molar-refractivity contribution < 1.29 is 8.83 Å². The molecule has 4 heterocycles. The van der Waals surface area contributed by atoms with Crippen LogP contribution in [0.3, 0.4) is 0 Å². The van der Waals surface area contributed by atoms with Crippen molar-refractivity contribution in [1.29, 1.82) is 0 Å². The Labute approximate surface area is 306 Å². The summed E-state index contributed by atoms with van der Waals surface area (Å²) in [7, 11) is 0. The summed E-state index contributed by atoms with van der Waals surface area (Å²) in [6, 6.07) is 53.4. The maximum absolute atomic E-state index is 6.35. The molecular formula is C46H26N4O2S. The Morgan fingerprint density at radius 3 is 1.75 bits per heavy atom. The number of thiophene rings is 1. The van der Waals surface area contributed by atoms with Crippen LogP contribution in [-0.2, 0) is 0 Å². The van der Waals surface area contributed by atoms with Crippen molar-refractivity contribution in [2.24, 2.45) is 0 Å². The highest BCUT2D eigenvalue weighted by Crippen LogP contribution is 2.44. The average Bonchev–Trinajstić information content (AvgIpc) is 3.94. The predicted molar refractivity (Wildman–Crippen MR) is 215 cm³/mol. The van der Waals surface area contributed by atoms with Gasteiger partial charge in [-0.25, -0.2) is 19.9 Å². The molecule has 11 rings (SSSR count). The Bertz CT molecular complexity index is 3150. The van der Waals surface area contributed by atoms with Crippen LogP contribution >= 0.6 is 11.3 Å². The van der Waals surface area contributed by atoms with E-state index in [0.717, 1.165) is 86.6 Å². The molecule has 53 heavy (non-hydrogen) atoms. The van der Waals surface area contributed by atoms with Crippen LogP contribution < -0.4 is 0 Å². The largest absolute Gasteiger partial charge is 0.455 e. The van der Waals surface area contributed by atoms with E-state index in [2.05, 4.69) is 84.9 Å². The Morgan fingerprint density at radius 2 is 0.962 bits per heavy atom. The third kappa shape index (κ3) is 4.86. The summed E-state index contributed by atoms with van der Waals surface area (Å²) in [5, 5.41) is 4.35. The van der Waals surface area contributed by atoms with Crippen molar-refractivity contribution in [3.05, 3.63) is 158 Å². The van der Waals surface area contributed by atoms with E-state index < -0.39 is 0 Å². The molecular weight excluding hydrogens is 673 g/mol. The van der Waals surface area contributed by atoms with E-state index in [1.807, 2.05) is 72.8 Å². The van der Waals surface area contributed by atoms with Gasteiger partial charge in [0, 0.05) is 58.8 Å². The van der Waals surface area contributed by atoms with Gasteiger partial charge in [-0.1, -0.05) is 121 Å². The van der Waals surface area contributed by atoms with Crippen LogP contribution in [0.15, 0.2) is 167 Å². The van der Waals surface area contributed by atoms with Crippen LogP contribution in [0.25, 0.3) is 110 Å². The predicted octanol–water partition coefficient (Wildman–Crippen LogP) is 12.6. The third-order valence-corrected chi connectivity index (χ3v) is 10.9. The number of rotatable bonds is 5. The minimum atomic E-state index is 0.589. The molecule has 11 aromatic rings. The fourth-order valence-corrected chi connectivity index (χ4v) is 8.49. The van der Waals surface area contributed by atoms with Crippen LogP contribution in [0.2, 0.25) is 0 Å². The molecule has 0 spiro atoms. The van der Waals surface area contributed by atoms with Gasteiger partial charge < -0.3 is 8.83 Å². The van der Waals surface area contributed by atoms with Gasteiger partial charge in [0.05, 0.1) is 0 Å². The molecule has 0 aliphatic heterocycles. The van der Waals surface area contributed by atoms with Gasteiger partial charge in [-0.2, -0.15) is 0 Å². The van der Waals surface area contributed by atoms with Gasteiger partial charge in [-0.05, 0) is 42.0 Å². The number of furan rings is 1. The highest BCUT2D eigenvalue weighted by atomic mass is 32.1. The van der Waals surface area contributed by atoms with Gasteiger partial charge in [0.15, 0.2) is 23.1 Å². The molecule has 0 bridgehead atoms. The van der Waals surface area contributed by atoms with E-state index in [0.29, 0.717) is 23.4 Å². The van der Waals surface area contributed by atoms with E-state index in [1.165, 1.54) is 0 Å². The Morgan fingerprint density at radius 1 is 0.377 bits per heavy atom. The number of benzene rings is 7. The molecule has 248 valence electrons. The minimum absolute atomic E-state index is 0.589. The van der Waals surface area contributed by atoms with Crippen molar-refractivity contribution >= 4 is 64.5 Å². The second kappa shape index (κ2) is 11.8. The molecule has 4 aromatic heterocycles. The molecule has 6 nitrogen and oxygen atoms in total. The normalized spacial score (nSPS) is 11.8. The van der Waals surface area contributed by atoms with Crippen molar-refractivity contribution in [3.8, 4) is 56.7 Å². The summed E-state index contributed by atoms with van der Waals surface area (Å²) >= 11 is 1.74. The smallest absolute Gasteiger partial charge is 0.227 e. The zero-order valence-electron chi connectivity index (χ0n) is 28.0. The lowest BCUT2D eigenvalue weighted by Crippen LogP contribution is -2.00. The SMILES string of the molecule is c1ccc(-c2nc(-c3ccc(-c4cccc5c4oc4ccccc45)cc3)nc(-c3cccc4sc5cccc(-c6nc7ccccc7o6)c5c34)n2)cc1. The van der Waals surface area contributed by atoms with Crippen LogP contribution in [0.5, 0.6) is 0 Å². The maximum atomic E-state index is 6.35. The van der Waals surface area contributed by atoms with Gasteiger partial charge in [-0.15, -0.1) is 11.3 Å². The van der Waals surface area contributed by atoms with Crippen LogP contribution in [0.4, 0.5) is 0 Å². The summed E-state index contributed by atoms with van der Waals surface area (Å²) in [5.74, 6) is 2.39. The monoisotopic (exact) mass is 698 g/mol. The van der Waals surface area contributed by atoms with Gasteiger partial charge in [0.2, 0.25) is 5.89 Å². The number of nitrogens with zero attached hydrogens (tertiary/aromatic N) is 4. The lowest BCUT2D eigenvalue weighted by Gasteiger charge is -2.10. The Hall–Kier alpha value is -6.96. The van der Waals surface area contributed by atoms with Crippen molar-refractivity contribution in [3.63, 3.8) is 0 Å². The molecule has 0 N–H and O–H groups in total. The molecule has 0 saturated carbocycles. The topological polar surface area (TPSA) is 77.8 Å². The van der Waals surface area contributed by atoms with E-state index in [-0.39, 0.29) is 0 Å². The third-order valence-electron chi connectivity index (χ3n) is 9.81. The number of para-hydroxylation sites is 4. The molecule has 0 unspecified atom stereocenters. The molecule has 0 fully saturated rings. The van der Waals surface area contributed by atoms with Crippen LogP contribution in [0.1, 0.15) is 0 Å². The molecule has 0 atom stereocenters. The number of oxazole rings is 1. The zero-order valence-corrected chi connectivity index (χ0v) is 28.8. The van der Waals surface area contributed by atoms with Gasteiger partial charge >= 0.3 is 0 Å². The lowest BCUT2D eigenvalue weighted by molar-refractivity contribution is 0.620. The summed E-state index contributed by atoms with van der Waals surface area (Å²) < 4.78 is 14.9. The summed E-state index contributed by atoms with van der Waals surface area (Å²) in [5.41, 5.74) is 9.10. The summed E-state index contributed by atoms with van der Waals surface area (Å²) in [6.45, 7) is 0. The standard InChI is InChI=1S/C46H26N4O2S/c1-2-11-28(12-3-1)43-48-44(29-25-23-27(24-26-29)30-14-8-15-32-31-13-4-6-19-36(31)51-42(30)32)50-45(49-43)33-16-9-21-38-40(33)41-34(17-10-22-39(41)53-38)46-47-35-18-5-7-20-37(35)52-46/h1-26H. The molecule has 0 radical (unpaired) electrons. The number of aromatic nitrogens is 4. The lowest BCUT2D eigenvalue weighted by atomic mass is 10.0. The second-order valence-corrected chi connectivity index (χ2v) is 14.1. The number of hydrogen-bond donors (Lipinski definition) is 0. The fraction of sp³-hybridized carbons (Fsp3) is 0. The van der Waals surface area contributed by atoms with Crippen molar-refractivity contribution in [2.75, 3.05) is 0 Å². The zero-order chi connectivity index (χ0) is 34.9. The summed E-state index contributed by atoms with van der Waals surface area (Å²) in [4.78, 5) is 20.2. The summed E-state index contributed by atoms with van der Waals surface area (Å²) in [6.07, 6.45) is 0. The highest BCUT2D eigenvalue weighted by Gasteiger charge is 2.21. The first-order chi connectivity index (χ1) is 26.2. The quantitative estimate of drug-likeness (QED) is 0.178. The van der Waals surface area contributed by atoms with Gasteiger partial charge in [-0.3, -0.25) is 0 Å². The van der Waals surface area contributed by atoms with Crippen molar-refractivity contribution in [2.45, 2.75) is 0 Å². The first-order valence-corrected chi connectivity index (χ1v) is 18.2. The first-order valence-electron chi connectivity index (χ1n) is 17.4. The fourth-order valence-electron chi connectivity index (χ4n) is 7.33. The van der Waals surface area contributed by atoms with Crippen molar-refractivity contribution in [1.82, 2.24) is 19.9 Å². The minimum Gasteiger partial charge on any atom is -0.455 e. The van der Waals surface area contributed by atoms with E-state index in [4.69, 9.17) is 28.8 Å². The molecule has 0 aliphatic carbocycles. The van der Waals surface area contributed by atoms with Gasteiger partial charge in [0.1, 0.15) is 16.7 Å². The maximum Gasteiger partial charge on any atom is 0.227 e. The number of hydrogen-bond acceptors (Lipinski definition) is 7. The van der Waals surface area contributed by atoms with Gasteiger partial charge in [0.25, 0.3) is 0 Å². The average molecular weight is 699 g/mol. The van der Waals surface area contributed by atoms with Crippen LogP contribution in [0, 0.1) is 0 Å². The molecule has 0 saturated heterocycles. The molecule has 7 heteroatoms. The Balaban J connectivity index is 1.09. The molecule has 7 aromatic carbocycles. The second-order valence-electron chi connectivity index (χ2n) is 13.0. The Kier molecular flexibility index (Phi) is 6.62. The first kappa shape index (κ1) is 29.7. The molecule has 0 amide bonds. The van der Waals surface area contributed by atoms with Crippen LogP contribution in [-0.4, -0.2) is 19.9 Å². The number of fused-ring (bicyclic) bond motifs is 7.